The van der Waals surface area contributed by atoms with Gasteiger partial charge in [-0.2, -0.15) is 4.98 Å². The minimum atomic E-state index is -3.52. The Labute approximate surface area is 98.8 Å². The van der Waals surface area contributed by atoms with E-state index in [4.69, 9.17) is 5.73 Å². The lowest BCUT2D eigenvalue weighted by molar-refractivity contribution is 0.587. The van der Waals surface area contributed by atoms with Gasteiger partial charge in [0.15, 0.2) is 0 Å². The monoisotopic (exact) mass is 252 g/mol. The van der Waals surface area contributed by atoms with Crippen LogP contribution >= 0.6 is 0 Å². The average molecular weight is 252 g/mol. The summed E-state index contributed by atoms with van der Waals surface area (Å²) in [5, 5.41) is 5.61. The first-order chi connectivity index (χ1) is 7.97. The minimum absolute atomic E-state index is 0.0761. The fraction of sp³-hybridized carbons (Fsp3) is 0.200. The van der Waals surface area contributed by atoms with Crippen molar-refractivity contribution in [1.82, 2.24) is 15.2 Å². The number of sulfone groups is 1. The lowest BCUT2D eigenvalue weighted by Gasteiger charge is -2.02. The van der Waals surface area contributed by atoms with Crippen molar-refractivity contribution >= 4 is 15.8 Å². The van der Waals surface area contributed by atoms with Gasteiger partial charge in [-0.1, -0.05) is 29.8 Å². The van der Waals surface area contributed by atoms with Crippen LogP contribution in [0.25, 0.3) is 0 Å². The van der Waals surface area contributed by atoms with E-state index in [-0.39, 0.29) is 16.9 Å². The summed E-state index contributed by atoms with van der Waals surface area (Å²) >= 11 is 0. The molecule has 0 radical (unpaired) electrons. The molecule has 0 spiro atoms. The van der Waals surface area contributed by atoms with E-state index in [1.54, 1.807) is 6.07 Å². The Balaban J connectivity index is 2.29. The fourth-order valence-corrected chi connectivity index (χ4v) is 2.66. The van der Waals surface area contributed by atoms with Crippen LogP contribution in [0, 0.1) is 6.92 Å². The Hall–Kier alpha value is -1.89. The largest absolute Gasteiger partial charge is 0.366 e. The van der Waals surface area contributed by atoms with Crippen molar-refractivity contribution in [3.8, 4) is 0 Å². The Kier molecular flexibility index (Phi) is 2.84. The first kappa shape index (κ1) is 11.6. The lowest BCUT2D eigenvalue weighted by atomic mass is 10.2. The second-order valence-corrected chi connectivity index (χ2v) is 5.65. The van der Waals surface area contributed by atoms with E-state index in [1.165, 1.54) is 0 Å². The Morgan fingerprint density at radius 1 is 1.41 bits per heavy atom. The first-order valence-electron chi connectivity index (χ1n) is 4.93. The maximum absolute atomic E-state index is 11.9. The van der Waals surface area contributed by atoms with E-state index >= 15 is 0 Å². The molecule has 0 aliphatic heterocycles. The van der Waals surface area contributed by atoms with Crippen molar-refractivity contribution in [1.29, 1.82) is 0 Å². The maximum atomic E-state index is 11.9. The summed E-state index contributed by atoms with van der Waals surface area (Å²) in [5.74, 6) is -0.198. The van der Waals surface area contributed by atoms with Crippen LogP contribution in [0.15, 0.2) is 29.4 Å². The van der Waals surface area contributed by atoms with E-state index in [1.807, 2.05) is 25.1 Å². The number of hydrogen-bond donors (Lipinski definition) is 2. The van der Waals surface area contributed by atoms with E-state index < -0.39 is 9.84 Å². The van der Waals surface area contributed by atoms with Gasteiger partial charge in [-0.15, -0.1) is 5.10 Å². The number of anilines is 1. The molecule has 0 amide bonds. The standard InChI is InChI=1S/C10H12N4O2S/c1-7-3-2-4-8(5-7)6-17(15,16)10-12-9(11)13-14-10/h2-5H,6H2,1H3,(H3,11,12,13,14). The molecule has 0 aliphatic carbocycles. The second-order valence-electron chi connectivity index (χ2n) is 3.75. The van der Waals surface area contributed by atoms with Gasteiger partial charge in [0.2, 0.25) is 20.9 Å². The van der Waals surface area contributed by atoms with Gasteiger partial charge in [0.05, 0.1) is 5.75 Å². The highest BCUT2D eigenvalue weighted by Gasteiger charge is 2.19. The Bertz CT molecular complexity index is 633. The van der Waals surface area contributed by atoms with Crippen LogP contribution in [0.1, 0.15) is 11.1 Å². The van der Waals surface area contributed by atoms with Crippen LogP contribution in [0.2, 0.25) is 0 Å². The van der Waals surface area contributed by atoms with Crippen molar-refractivity contribution in [3.63, 3.8) is 0 Å². The van der Waals surface area contributed by atoms with Gasteiger partial charge in [0, 0.05) is 0 Å². The minimum Gasteiger partial charge on any atom is -0.366 e. The first-order valence-corrected chi connectivity index (χ1v) is 6.59. The van der Waals surface area contributed by atoms with Crippen LogP contribution in [0.4, 0.5) is 5.95 Å². The van der Waals surface area contributed by atoms with E-state index in [9.17, 15) is 8.42 Å². The van der Waals surface area contributed by atoms with Crippen LogP contribution in [0.3, 0.4) is 0 Å². The lowest BCUT2D eigenvalue weighted by Crippen LogP contribution is -2.07. The van der Waals surface area contributed by atoms with E-state index in [0.717, 1.165) is 5.56 Å². The van der Waals surface area contributed by atoms with Crippen molar-refractivity contribution in [3.05, 3.63) is 35.4 Å². The summed E-state index contributed by atoms with van der Waals surface area (Å²) in [7, 11) is -3.52. The molecule has 2 rings (SSSR count). The van der Waals surface area contributed by atoms with Crippen molar-refractivity contribution < 1.29 is 8.42 Å². The molecular formula is C10H12N4O2S. The zero-order valence-electron chi connectivity index (χ0n) is 9.21. The summed E-state index contributed by atoms with van der Waals surface area (Å²) < 4.78 is 23.9. The molecule has 90 valence electrons. The molecule has 1 aromatic carbocycles. The number of nitrogens with one attached hydrogen (secondary N) is 1. The predicted molar refractivity (Wildman–Crippen MR) is 62.9 cm³/mol. The Morgan fingerprint density at radius 2 is 2.18 bits per heavy atom. The summed E-state index contributed by atoms with van der Waals surface area (Å²) in [6, 6.07) is 7.29. The van der Waals surface area contributed by atoms with Crippen molar-refractivity contribution in [2.24, 2.45) is 0 Å². The molecule has 0 aliphatic rings. The molecule has 0 saturated heterocycles. The number of nitrogens with two attached hydrogens (primary N) is 1. The molecule has 0 bridgehead atoms. The quantitative estimate of drug-likeness (QED) is 0.835. The smallest absolute Gasteiger partial charge is 0.245 e. The third-order valence-electron chi connectivity index (χ3n) is 2.22. The van der Waals surface area contributed by atoms with Gasteiger partial charge < -0.3 is 5.73 Å². The van der Waals surface area contributed by atoms with Crippen molar-refractivity contribution in [2.75, 3.05) is 5.73 Å². The fourth-order valence-electron chi connectivity index (χ4n) is 1.49. The highest BCUT2D eigenvalue weighted by atomic mass is 32.2. The zero-order valence-corrected chi connectivity index (χ0v) is 10.0. The Morgan fingerprint density at radius 3 is 2.76 bits per heavy atom. The third-order valence-corrected chi connectivity index (χ3v) is 3.70. The normalized spacial score (nSPS) is 11.6. The summed E-state index contributed by atoms with van der Waals surface area (Å²) in [6.45, 7) is 1.91. The molecule has 0 unspecified atom stereocenters. The van der Waals surface area contributed by atoms with Gasteiger partial charge in [0.1, 0.15) is 0 Å². The zero-order chi connectivity index (χ0) is 12.5. The molecule has 3 N–H and O–H groups in total. The third kappa shape index (κ3) is 2.62. The molecular weight excluding hydrogens is 240 g/mol. The highest BCUT2D eigenvalue weighted by Crippen LogP contribution is 2.14. The number of benzene rings is 1. The summed E-state index contributed by atoms with van der Waals surface area (Å²) in [4.78, 5) is 3.62. The highest BCUT2D eigenvalue weighted by molar-refractivity contribution is 7.90. The molecule has 7 heteroatoms. The van der Waals surface area contributed by atoms with Crippen LogP contribution < -0.4 is 5.73 Å². The predicted octanol–water partition coefficient (Wildman–Crippen LogP) is 0.669. The molecule has 1 aromatic heterocycles. The number of aromatic amines is 1. The molecule has 6 nitrogen and oxygen atoms in total. The van der Waals surface area contributed by atoms with Crippen LogP contribution in [-0.2, 0) is 15.6 Å². The number of hydrogen-bond acceptors (Lipinski definition) is 5. The van der Waals surface area contributed by atoms with Gasteiger partial charge in [-0.3, -0.25) is 0 Å². The molecule has 17 heavy (non-hydrogen) atoms. The van der Waals surface area contributed by atoms with Crippen molar-refractivity contribution in [2.45, 2.75) is 17.8 Å². The summed E-state index contributed by atoms with van der Waals surface area (Å²) in [5.41, 5.74) is 6.99. The number of H-pyrrole nitrogens is 1. The van der Waals surface area contributed by atoms with Gasteiger partial charge in [-0.25, -0.2) is 13.5 Å². The topological polar surface area (TPSA) is 102 Å². The van der Waals surface area contributed by atoms with Gasteiger partial charge in [-0.05, 0) is 12.5 Å². The summed E-state index contributed by atoms with van der Waals surface area (Å²) in [6.07, 6.45) is 0. The number of nitrogens with zero attached hydrogens (tertiary/aromatic N) is 2. The van der Waals surface area contributed by atoms with E-state index in [0.29, 0.717) is 5.56 Å². The molecule has 1 heterocycles. The average Bonchev–Trinajstić information content (AvgIpc) is 2.65. The number of nitrogen functional groups attached to an aromatic ring is 1. The number of aryl methyl sites for hydroxylation is 1. The molecule has 0 fully saturated rings. The van der Waals surface area contributed by atoms with E-state index in [2.05, 4.69) is 15.2 Å². The van der Waals surface area contributed by atoms with Crippen LogP contribution in [-0.4, -0.2) is 23.6 Å². The number of rotatable bonds is 3. The second kappa shape index (κ2) is 4.17. The SMILES string of the molecule is Cc1cccc(CS(=O)(=O)c2nc(N)n[nH]2)c1. The van der Waals surface area contributed by atoms with Crippen LogP contribution in [0.5, 0.6) is 0 Å². The van der Waals surface area contributed by atoms with Gasteiger partial charge in [0.25, 0.3) is 0 Å². The molecule has 0 saturated carbocycles. The number of aromatic nitrogens is 3. The molecule has 0 atom stereocenters. The van der Waals surface area contributed by atoms with Gasteiger partial charge >= 0.3 is 0 Å². The molecule has 2 aromatic rings. The maximum Gasteiger partial charge on any atom is 0.245 e.